The lowest BCUT2D eigenvalue weighted by atomic mass is 9.60. The van der Waals surface area contributed by atoms with E-state index < -0.39 is 23.5 Å². The van der Waals surface area contributed by atoms with E-state index in [2.05, 4.69) is 20.1 Å². The van der Waals surface area contributed by atoms with Crippen molar-refractivity contribution in [3.63, 3.8) is 0 Å². The average Bonchev–Trinajstić information content (AvgIpc) is 2.94. The van der Waals surface area contributed by atoms with Gasteiger partial charge in [0.25, 0.3) is 5.91 Å². The Morgan fingerprint density at radius 1 is 1.17 bits per heavy atom. The van der Waals surface area contributed by atoms with Crippen molar-refractivity contribution in [1.29, 1.82) is 0 Å². The van der Waals surface area contributed by atoms with Crippen molar-refractivity contribution in [3.8, 4) is 17.2 Å². The highest BCUT2D eigenvalue weighted by atomic mass is 19.3. The van der Waals surface area contributed by atoms with E-state index in [1.165, 1.54) is 25.1 Å². The molecule has 0 saturated heterocycles. The maximum atomic E-state index is 13.1. The number of hydrogen-bond donors (Lipinski definition) is 3. The number of carbonyl (C=O) groups excluding carboxylic acids is 2. The number of nitrogens with one attached hydrogen (secondary N) is 2. The molecule has 158 valence electrons. The monoisotopic (exact) mass is 412 g/mol. The SMILES string of the molecule is CC(=O)NC12CCC(NC(=O)COc3ccc4c(c3)OC(F)(F)O4)(CC1)CC2O. The first-order chi connectivity index (χ1) is 13.6. The van der Waals surface area contributed by atoms with Gasteiger partial charge >= 0.3 is 6.29 Å². The normalized spacial score (nSPS) is 31.2. The average molecular weight is 412 g/mol. The summed E-state index contributed by atoms with van der Waals surface area (Å²) in [5, 5.41) is 16.4. The minimum absolute atomic E-state index is 0.105. The van der Waals surface area contributed by atoms with Gasteiger partial charge in [0.2, 0.25) is 5.91 Å². The fourth-order valence-electron chi connectivity index (χ4n) is 4.51. The standard InChI is InChI=1S/C19H22F2N2O6/c1-11(24)22-18-6-4-17(5-7-18,9-15(18)25)23-16(26)10-27-12-2-3-13-14(8-12)29-19(20,21)28-13/h2-3,8,15,25H,4-7,9-10H2,1H3,(H,22,24)(H,23,26). The fourth-order valence-corrected chi connectivity index (χ4v) is 4.51. The zero-order chi connectivity index (χ0) is 20.9. The van der Waals surface area contributed by atoms with Crippen LogP contribution in [0.15, 0.2) is 18.2 Å². The number of ether oxygens (including phenoxy) is 3. The third kappa shape index (κ3) is 3.81. The van der Waals surface area contributed by atoms with Gasteiger partial charge in [-0.1, -0.05) is 0 Å². The number of rotatable bonds is 5. The molecule has 3 saturated carbocycles. The van der Waals surface area contributed by atoms with Gasteiger partial charge in [0.1, 0.15) is 5.75 Å². The Labute approximate surface area is 165 Å². The molecule has 1 unspecified atom stereocenters. The molecule has 3 N–H and O–H groups in total. The summed E-state index contributed by atoms with van der Waals surface area (Å²) in [6.07, 6.45) is -1.70. The van der Waals surface area contributed by atoms with E-state index in [0.29, 0.717) is 32.1 Å². The first-order valence-corrected chi connectivity index (χ1v) is 9.41. The van der Waals surface area contributed by atoms with Crippen LogP contribution >= 0.6 is 0 Å². The molecule has 8 nitrogen and oxygen atoms in total. The Bertz CT molecular complexity index is 838. The van der Waals surface area contributed by atoms with Crippen LogP contribution in [0, 0.1) is 0 Å². The maximum Gasteiger partial charge on any atom is 0.586 e. The van der Waals surface area contributed by atoms with Crippen LogP contribution in [-0.2, 0) is 9.59 Å². The molecule has 2 amide bonds. The molecule has 3 aliphatic carbocycles. The van der Waals surface area contributed by atoms with Gasteiger partial charge < -0.3 is 30.0 Å². The van der Waals surface area contributed by atoms with E-state index in [1.54, 1.807) is 0 Å². The molecule has 4 aliphatic rings. The zero-order valence-corrected chi connectivity index (χ0v) is 15.8. The van der Waals surface area contributed by atoms with E-state index in [4.69, 9.17) is 4.74 Å². The summed E-state index contributed by atoms with van der Waals surface area (Å²) in [7, 11) is 0. The van der Waals surface area contributed by atoms with Crippen molar-refractivity contribution in [2.24, 2.45) is 0 Å². The van der Waals surface area contributed by atoms with Crippen LogP contribution in [0.1, 0.15) is 39.0 Å². The van der Waals surface area contributed by atoms with Crippen LogP contribution in [0.25, 0.3) is 0 Å². The van der Waals surface area contributed by atoms with Crippen LogP contribution in [-0.4, -0.2) is 47.0 Å². The Balaban J connectivity index is 1.33. The minimum atomic E-state index is -3.72. The van der Waals surface area contributed by atoms with Crippen molar-refractivity contribution >= 4 is 11.8 Å². The second kappa shape index (κ2) is 6.72. The number of hydrogen-bond acceptors (Lipinski definition) is 6. The summed E-state index contributed by atoms with van der Waals surface area (Å²) in [5.41, 5.74) is -1.17. The lowest BCUT2D eigenvalue weighted by molar-refractivity contribution is -0.286. The van der Waals surface area contributed by atoms with Gasteiger partial charge in [-0.3, -0.25) is 9.59 Å². The number of aliphatic hydroxyl groups is 1. The van der Waals surface area contributed by atoms with Gasteiger partial charge in [0.05, 0.1) is 11.6 Å². The number of carbonyl (C=O) groups is 2. The quantitative estimate of drug-likeness (QED) is 0.676. The summed E-state index contributed by atoms with van der Waals surface area (Å²) in [6.45, 7) is 1.11. The van der Waals surface area contributed by atoms with Crippen LogP contribution in [0.4, 0.5) is 8.78 Å². The van der Waals surface area contributed by atoms with E-state index >= 15 is 0 Å². The number of alkyl halides is 2. The molecular weight excluding hydrogens is 390 g/mol. The molecule has 1 aliphatic heterocycles. The first-order valence-electron chi connectivity index (χ1n) is 9.41. The van der Waals surface area contributed by atoms with Crippen LogP contribution in [0.2, 0.25) is 0 Å². The van der Waals surface area contributed by atoms with Crippen LogP contribution in [0.3, 0.4) is 0 Å². The van der Waals surface area contributed by atoms with Gasteiger partial charge in [-0.2, -0.15) is 0 Å². The number of benzene rings is 1. The zero-order valence-electron chi connectivity index (χ0n) is 15.8. The highest BCUT2D eigenvalue weighted by Crippen LogP contribution is 2.47. The van der Waals surface area contributed by atoms with Crippen molar-refractivity contribution in [1.82, 2.24) is 10.6 Å². The minimum Gasteiger partial charge on any atom is -0.484 e. The topological polar surface area (TPSA) is 106 Å². The van der Waals surface area contributed by atoms with Gasteiger partial charge in [-0.05, 0) is 44.2 Å². The van der Waals surface area contributed by atoms with Crippen molar-refractivity contribution in [2.45, 2.75) is 62.5 Å². The number of fused-ring (bicyclic) bond motifs is 4. The van der Waals surface area contributed by atoms with Crippen LogP contribution in [0.5, 0.6) is 17.2 Å². The molecule has 29 heavy (non-hydrogen) atoms. The molecule has 1 atom stereocenters. The first kappa shape index (κ1) is 19.7. The Hall–Kier alpha value is -2.62. The predicted octanol–water partition coefficient (Wildman–Crippen LogP) is 1.46. The summed E-state index contributed by atoms with van der Waals surface area (Å²) in [6, 6.07) is 3.92. The molecule has 1 aromatic carbocycles. The highest BCUT2D eigenvalue weighted by Gasteiger charge is 2.55. The second-order valence-corrected chi connectivity index (χ2v) is 7.95. The summed E-state index contributed by atoms with van der Waals surface area (Å²) in [4.78, 5) is 23.9. The Morgan fingerprint density at radius 2 is 1.86 bits per heavy atom. The summed E-state index contributed by atoms with van der Waals surface area (Å²) < 4.78 is 40.2. The largest absolute Gasteiger partial charge is 0.586 e. The highest BCUT2D eigenvalue weighted by molar-refractivity contribution is 5.78. The third-order valence-electron chi connectivity index (χ3n) is 5.89. The molecule has 1 heterocycles. The van der Waals surface area contributed by atoms with Crippen molar-refractivity contribution in [2.75, 3.05) is 6.61 Å². The number of halogens is 2. The van der Waals surface area contributed by atoms with Gasteiger partial charge in [0, 0.05) is 18.5 Å². The summed E-state index contributed by atoms with van der Waals surface area (Å²) in [5.74, 6) is -0.642. The Morgan fingerprint density at radius 3 is 2.52 bits per heavy atom. The maximum absolute atomic E-state index is 13.1. The molecule has 0 aromatic heterocycles. The van der Waals surface area contributed by atoms with E-state index in [9.17, 15) is 23.5 Å². The Kier molecular flexibility index (Phi) is 4.56. The van der Waals surface area contributed by atoms with Gasteiger partial charge in [-0.25, -0.2) is 0 Å². The lowest BCUT2D eigenvalue weighted by Crippen LogP contribution is -2.70. The molecule has 3 fully saturated rings. The van der Waals surface area contributed by atoms with Crippen LogP contribution < -0.4 is 24.8 Å². The third-order valence-corrected chi connectivity index (χ3v) is 5.89. The molecule has 5 rings (SSSR count). The molecule has 0 radical (unpaired) electrons. The fraction of sp³-hybridized carbons (Fsp3) is 0.579. The van der Waals surface area contributed by atoms with E-state index in [1.807, 2.05) is 0 Å². The second-order valence-electron chi connectivity index (χ2n) is 7.95. The predicted molar refractivity (Wildman–Crippen MR) is 94.7 cm³/mol. The number of amides is 2. The van der Waals surface area contributed by atoms with E-state index in [0.717, 1.165) is 0 Å². The molecule has 0 spiro atoms. The molecule has 1 aromatic rings. The van der Waals surface area contributed by atoms with Crippen molar-refractivity contribution in [3.05, 3.63) is 18.2 Å². The van der Waals surface area contributed by atoms with Crippen molar-refractivity contribution < 1.29 is 37.7 Å². The summed E-state index contributed by atoms with van der Waals surface area (Å²) >= 11 is 0. The lowest BCUT2D eigenvalue weighted by Gasteiger charge is -2.56. The van der Waals surface area contributed by atoms with Gasteiger partial charge in [0.15, 0.2) is 18.1 Å². The number of aliphatic hydroxyl groups excluding tert-OH is 1. The van der Waals surface area contributed by atoms with Gasteiger partial charge in [-0.15, -0.1) is 8.78 Å². The molecular formula is C19H22F2N2O6. The van der Waals surface area contributed by atoms with E-state index in [-0.39, 0.29) is 35.7 Å². The smallest absolute Gasteiger partial charge is 0.484 e. The molecule has 10 heteroatoms. The molecule has 2 bridgehead atoms.